The van der Waals surface area contributed by atoms with Gasteiger partial charge in [-0.3, -0.25) is 9.59 Å². The summed E-state index contributed by atoms with van der Waals surface area (Å²) in [4.78, 5) is 30.0. The molecule has 0 aliphatic carbocycles. The summed E-state index contributed by atoms with van der Waals surface area (Å²) < 4.78 is 135. The largest absolute Gasteiger partial charge is 0.435 e. The topological polar surface area (TPSA) is 71.0 Å². The summed E-state index contributed by atoms with van der Waals surface area (Å²) in [5, 5.41) is 4.43. The summed E-state index contributed by atoms with van der Waals surface area (Å²) in [6, 6.07) is 0.0164. The van der Waals surface area contributed by atoms with Crippen molar-refractivity contribution in [2.24, 2.45) is 5.16 Å². The molecule has 4 rings (SSSR count). The molecule has 3 heterocycles. The second kappa shape index (κ2) is 10.3. The van der Waals surface area contributed by atoms with E-state index in [2.05, 4.69) is 15.3 Å². The van der Waals surface area contributed by atoms with Crippen molar-refractivity contribution in [2.45, 2.75) is 49.9 Å². The number of rotatable bonds is 5. The van der Waals surface area contributed by atoms with Crippen molar-refractivity contribution >= 4 is 40.5 Å². The molecule has 6 nitrogen and oxygen atoms in total. The average molecular weight is 640 g/mol. The molecule has 41 heavy (non-hydrogen) atoms. The predicted molar refractivity (Wildman–Crippen MR) is 124 cm³/mol. The number of thiophene rings is 1. The molecule has 2 unspecified atom stereocenters. The molecule has 2 aliphatic heterocycles. The van der Waals surface area contributed by atoms with E-state index < -0.39 is 82.6 Å². The van der Waals surface area contributed by atoms with Crippen LogP contribution in [0.1, 0.15) is 44.1 Å². The van der Waals surface area contributed by atoms with Gasteiger partial charge in [-0.05, 0) is 37.1 Å². The second-order valence-corrected chi connectivity index (χ2v) is 10.7. The van der Waals surface area contributed by atoms with Gasteiger partial charge in [0.25, 0.3) is 11.5 Å². The maximum absolute atomic E-state index is 14.8. The molecule has 0 bridgehead atoms. The summed E-state index contributed by atoms with van der Waals surface area (Å²) in [6.45, 7) is -0.387. The lowest BCUT2D eigenvalue weighted by molar-refractivity contribution is -0.276. The molecule has 0 spiro atoms. The van der Waals surface area contributed by atoms with Crippen LogP contribution in [0.15, 0.2) is 23.4 Å². The van der Waals surface area contributed by atoms with E-state index in [0.717, 1.165) is 0 Å². The zero-order valence-electron chi connectivity index (χ0n) is 20.3. The lowest BCUT2D eigenvalue weighted by Gasteiger charge is -2.30. The van der Waals surface area contributed by atoms with Crippen LogP contribution < -0.4 is 5.32 Å². The lowest BCUT2D eigenvalue weighted by Crippen LogP contribution is -2.43. The van der Waals surface area contributed by atoms with Crippen molar-refractivity contribution in [3.05, 3.63) is 55.5 Å². The van der Waals surface area contributed by atoms with Crippen LogP contribution in [0.4, 0.5) is 43.9 Å². The van der Waals surface area contributed by atoms with Crippen LogP contribution in [-0.2, 0) is 21.4 Å². The maximum Gasteiger partial charge on any atom is 0.435 e. The molecule has 1 saturated heterocycles. The first-order chi connectivity index (χ1) is 18.7. The van der Waals surface area contributed by atoms with Gasteiger partial charge in [0.1, 0.15) is 24.1 Å². The third-order valence-electron chi connectivity index (χ3n) is 6.36. The Labute approximate surface area is 232 Å². The number of nitrogens with one attached hydrogen (secondary N) is 1. The SMILES string of the molecule is Cc1cc(C2=NOC(c3cc(C(F)(F)F)cc(Cl)c3F)(C(F)(F)F)C2)sc1C(=O)NC1CCN(CC(F)(F)F)C1=O. The van der Waals surface area contributed by atoms with E-state index >= 15 is 0 Å². The third kappa shape index (κ3) is 5.96. The molecule has 1 aromatic carbocycles. The van der Waals surface area contributed by atoms with Gasteiger partial charge in [0.2, 0.25) is 5.91 Å². The second-order valence-electron chi connectivity index (χ2n) is 9.26. The highest BCUT2D eigenvalue weighted by molar-refractivity contribution is 7.16. The Balaban J connectivity index is 1.59. The first kappa shape index (κ1) is 30.9. The van der Waals surface area contributed by atoms with E-state index in [0.29, 0.717) is 16.2 Å². The van der Waals surface area contributed by atoms with Gasteiger partial charge < -0.3 is 15.1 Å². The molecule has 224 valence electrons. The number of aryl methyl sites for hydroxylation is 1. The van der Waals surface area contributed by atoms with E-state index in [-0.39, 0.29) is 40.4 Å². The van der Waals surface area contributed by atoms with Crippen LogP contribution in [0.2, 0.25) is 5.02 Å². The normalized spacial score (nSPS) is 21.8. The van der Waals surface area contributed by atoms with Crippen molar-refractivity contribution in [1.82, 2.24) is 10.2 Å². The van der Waals surface area contributed by atoms with Gasteiger partial charge in [0, 0.05) is 12.1 Å². The van der Waals surface area contributed by atoms with E-state index in [1.54, 1.807) is 0 Å². The minimum atomic E-state index is -5.48. The number of hydrogen-bond donors (Lipinski definition) is 1. The molecule has 2 amide bonds. The smallest absolute Gasteiger partial charge is 0.374 e. The highest BCUT2D eigenvalue weighted by Crippen LogP contribution is 2.51. The molecule has 1 N–H and O–H groups in total. The number of likely N-dealkylation sites (tertiary alicyclic amines) is 1. The van der Waals surface area contributed by atoms with Crippen LogP contribution in [0.5, 0.6) is 0 Å². The number of benzene rings is 1. The highest BCUT2D eigenvalue weighted by atomic mass is 35.5. The molecular weight excluding hydrogens is 624 g/mol. The van der Waals surface area contributed by atoms with Crippen molar-refractivity contribution in [2.75, 3.05) is 13.1 Å². The van der Waals surface area contributed by atoms with E-state index in [9.17, 15) is 53.5 Å². The molecule has 2 atom stereocenters. The number of halogens is 11. The Bertz CT molecular complexity index is 1420. The van der Waals surface area contributed by atoms with Gasteiger partial charge in [-0.25, -0.2) is 4.39 Å². The van der Waals surface area contributed by atoms with Crippen molar-refractivity contribution < 1.29 is 58.3 Å². The fourth-order valence-corrected chi connectivity index (χ4v) is 5.65. The Kier molecular flexibility index (Phi) is 7.77. The maximum atomic E-state index is 14.8. The van der Waals surface area contributed by atoms with E-state index in [4.69, 9.17) is 11.6 Å². The monoisotopic (exact) mass is 639 g/mol. The minimum absolute atomic E-state index is 0.0631. The minimum Gasteiger partial charge on any atom is -0.374 e. The quantitative estimate of drug-likeness (QED) is 0.388. The number of alkyl halides is 9. The van der Waals surface area contributed by atoms with Gasteiger partial charge in [-0.1, -0.05) is 16.8 Å². The van der Waals surface area contributed by atoms with Crippen LogP contribution in [0.25, 0.3) is 0 Å². The van der Waals surface area contributed by atoms with Crippen molar-refractivity contribution in [3.63, 3.8) is 0 Å². The Morgan fingerprint density at radius 2 is 1.83 bits per heavy atom. The van der Waals surface area contributed by atoms with Crippen molar-refractivity contribution in [1.29, 1.82) is 0 Å². The van der Waals surface area contributed by atoms with Gasteiger partial charge in [0.15, 0.2) is 0 Å². The predicted octanol–water partition coefficient (Wildman–Crippen LogP) is 6.34. The van der Waals surface area contributed by atoms with E-state index in [1.807, 2.05) is 0 Å². The van der Waals surface area contributed by atoms with Crippen LogP contribution in [0, 0.1) is 12.7 Å². The molecule has 2 aromatic rings. The molecule has 1 fully saturated rings. The summed E-state index contributed by atoms with van der Waals surface area (Å²) in [6.07, 6.45) is -16.7. The number of carbonyl (C=O) groups is 2. The van der Waals surface area contributed by atoms with Crippen LogP contribution in [-0.4, -0.2) is 53.9 Å². The molecule has 0 saturated carbocycles. The number of carbonyl (C=O) groups excluding carboxylic acids is 2. The lowest BCUT2D eigenvalue weighted by atomic mass is 9.86. The number of oxime groups is 1. The van der Waals surface area contributed by atoms with Crippen LogP contribution in [0.3, 0.4) is 0 Å². The Hall–Kier alpha value is -3.08. The van der Waals surface area contributed by atoms with Crippen LogP contribution >= 0.6 is 22.9 Å². The zero-order valence-corrected chi connectivity index (χ0v) is 21.9. The number of nitrogens with zero attached hydrogens (tertiary/aromatic N) is 2. The van der Waals surface area contributed by atoms with Crippen molar-refractivity contribution in [3.8, 4) is 0 Å². The van der Waals surface area contributed by atoms with E-state index in [1.165, 1.54) is 13.0 Å². The van der Waals surface area contributed by atoms with Gasteiger partial charge in [0.05, 0.1) is 26.8 Å². The standard InChI is InChI=1S/C23H16ClF10N3O3S/c1-9-4-15(41-17(9)18(38)35-13-2-3-37(19(13)39)8-21(26,27)28)14-7-20(40-36-14,23(32,33)34)11-5-10(22(29,30)31)6-12(24)16(11)25/h4-6,13H,2-3,7-8H2,1H3,(H,35,38). The number of amides is 2. The Morgan fingerprint density at radius 3 is 2.41 bits per heavy atom. The molecule has 18 heteroatoms. The average Bonchev–Trinajstić information content (AvgIpc) is 3.53. The third-order valence-corrected chi connectivity index (χ3v) is 7.92. The molecular formula is C23H16ClF10N3O3S. The molecule has 1 aromatic heterocycles. The molecule has 2 aliphatic rings. The molecule has 0 radical (unpaired) electrons. The first-order valence-corrected chi connectivity index (χ1v) is 12.6. The van der Waals surface area contributed by atoms with Gasteiger partial charge >= 0.3 is 18.5 Å². The summed E-state index contributed by atoms with van der Waals surface area (Å²) in [5.74, 6) is -3.66. The fraction of sp³-hybridized carbons (Fsp3) is 0.435. The zero-order chi connectivity index (χ0) is 30.7. The fourth-order valence-electron chi connectivity index (χ4n) is 4.38. The summed E-state index contributed by atoms with van der Waals surface area (Å²) in [7, 11) is 0. The Morgan fingerprint density at radius 1 is 1.17 bits per heavy atom. The summed E-state index contributed by atoms with van der Waals surface area (Å²) in [5.41, 5.74) is -7.18. The van der Waals surface area contributed by atoms with Gasteiger partial charge in [-0.2, -0.15) is 39.5 Å². The highest BCUT2D eigenvalue weighted by Gasteiger charge is 2.64. The first-order valence-electron chi connectivity index (χ1n) is 11.4. The van der Waals surface area contributed by atoms with Gasteiger partial charge in [-0.15, -0.1) is 11.3 Å². The number of hydrogen-bond acceptors (Lipinski definition) is 5. The summed E-state index contributed by atoms with van der Waals surface area (Å²) >= 11 is 6.07.